The molecule has 1 saturated carbocycles. The fourth-order valence-corrected chi connectivity index (χ4v) is 3.54. The SMILES string of the molecule is COC(C(O)C1CC(C)CC(C)C1)C(C)(C)C. The summed E-state index contributed by atoms with van der Waals surface area (Å²) in [6.45, 7) is 11.0. The summed E-state index contributed by atoms with van der Waals surface area (Å²) in [7, 11) is 1.72. The molecule has 2 nitrogen and oxygen atoms in total. The smallest absolute Gasteiger partial charge is 0.0880 e. The zero-order valence-electron chi connectivity index (χ0n) is 12.4. The quantitative estimate of drug-likeness (QED) is 0.821. The van der Waals surface area contributed by atoms with Gasteiger partial charge in [-0.15, -0.1) is 0 Å². The lowest BCUT2D eigenvalue weighted by molar-refractivity contribution is -0.104. The fourth-order valence-electron chi connectivity index (χ4n) is 3.54. The summed E-state index contributed by atoms with van der Waals surface area (Å²) in [6, 6.07) is 0. The third kappa shape index (κ3) is 3.96. The van der Waals surface area contributed by atoms with Gasteiger partial charge in [-0.25, -0.2) is 0 Å². The van der Waals surface area contributed by atoms with Crippen LogP contribution >= 0.6 is 0 Å². The molecule has 1 rings (SSSR count). The lowest BCUT2D eigenvalue weighted by Crippen LogP contribution is -2.45. The third-order valence-electron chi connectivity index (χ3n) is 4.12. The van der Waals surface area contributed by atoms with Gasteiger partial charge in [-0.05, 0) is 42.4 Å². The van der Waals surface area contributed by atoms with Crippen molar-refractivity contribution in [3.05, 3.63) is 0 Å². The molecule has 0 aliphatic heterocycles. The van der Waals surface area contributed by atoms with Crippen molar-refractivity contribution in [2.75, 3.05) is 7.11 Å². The molecule has 17 heavy (non-hydrogen) atoms. The first-order chi connectivity index (χ1) is 7.75. The van der Waals surface area contributed by atoms with E-state index in [-0.39, 0.29) is 17.6 Å². The Bertz CT molecular complexity index is 222. The molecule has 4 unspecified atom stereocenters. The number of aliphatic hydroxyl groups is 1. The van der Waals surface area contributed by atoms with E-state index in [4.69, 9.17) is 4.74 Å². The van der Waals surface area contributed by atoms with Crippen LogP contribution in [0.25, 0.3) is 0 Å². The summed E-state index contributed by atoms with van der Waals surface area (Å²) in [5.74, 6) is 1.87. The van der Waals surface area contributed by atoms with Gasteiger partial charge in [0.25, 0.3) is 0 Å². The lowest BCUT2D eigenvalue weighted by Gasteiger charge is -2.41. The van der Waals surface area contributed by atoms with Gasteiger partial charge in [0.2, 0.25) is 0 Å². The maximum absolute atomic E-state index is 10.6. The molecule has 0 spiro atoms. The van der Waals surface area contributed by atoms with Gasteiger partial charge in [0, 0.05) is 7.11 Å². The van der Waals surface area contributed by atoms with Crippen LogP contribution in [-0.2, 0) is 4.74 Å². The van der Waals surface area contributed by atoms with E-state index < -0.39 is 0 Å². The van der Waals surface area contributed by atoms with Gasteiger partial charge in [0.05, 0.1) is 12.2 Å². The van der Waals surface area contributed by atoms with Crippen LogP contribution in [-0.4, -0.2) is 24.4 Å². The minimum atomic E-state index is -0.329. The summed E-state index contributed by atoms with van der Waals surface area (Å²) in [6.07, 6.45) is 3.19. The van der Waals surface area contributed by atoms with Crippen molar-refractivity contribution >= 4 is 0 Å². The Hall–Kier alpha value is -0.0800. The monoisotopic (exact) mass is 242 g/mol. The minimum absolute atomic E-state index is 0.00189. The number of rotatable bonds is 3. The molecule has 0 bridgehead atoms. The van der Waals surface area contributed by atoms with Gasteiger partial charge in [0.1, 0.15) is 0 Å². The van der Waals surface area contributed by atoms with E-state index in [9.17, 15) is 5.11 Å². The van der Waals surface area contributed by atoms with Gasteiger partial charge in [-0.1, -0.05) is 34.6 Å². The predicted octanol–water partition coefficient (Wildman–Crippen LogP) is 3.48. The lowest BCUT2D eigenvalue weighted by atomic mass is 9.71. The number of ether oxygens (including phenoxy) is 1. The van der Waals surface area contributed by atoms with Crippen molar-refractivity contribution in [2.45, 2.75) is 66.1 Å². The molecule has 0 aromatic carbocycles. The van der Waals surface area contributed by atoms with Crippen LogP contribution in [0.4, 0.5) is 0 Å². The fraction of sp³-hybridized carbons (Fsp3) is 1.00. The minimum Gasteiger partial charge on any atom is -0.390 e. The topological polar surface area (TPSA) is 29.5 Å². The van der Waals surface area contributed by atoms with E-state index in [0.717, 1.165) is 24.7 Å². The summed E-state index contributed by atoms with van der Waals surface area (Å²) >= 11 is 0. The second kappa shape index (κ2) is 5.71. The normalized spacial score (nSPS) is 34.4. The molecule has 1 aliphatic rings. The first-order valence-electron chi connectivity index (χ1n) is 6.96. The van der Waals surface area contributed by atoms with E-state index in [1.54, 1.807) is 7.11 Å². The van der Waals surface area contributed by atoms with Crippen molar-refractivity contribution in [1.29, 1.82) is 0 Å². The van der Waals surface area contributed by atoms with Crippen molar-refractivity contribution in [3.8, 4) is 0 Å². The third-order valence-corrected chi connectivity index (χ3v) is 4.12. The molecule has 0 radical (unpaired) electrons. The van der Waals surface area contributed by atoms with Crippen molar-refractivity contribution < 1.29 is 9.84 Å². The van der Waals surface area contributed by atoms with E-state index in [1.807, 2.05) is 0 Å². The second-order valence-electron chi connectivity index (χ2n) is 7.19. The Morgan fingerprint density at radius 1 is 1.06 bits per heavy atom. The predicted molar refractivity (Wildman–Crippen MR) is 71.9 cm³/mol. The number of aliphatic hydroxyl groups excluding tert-OH is 1. The van der Waals surface area contributed by atoms with Crippen LogP contribution in [0.1, 0.15) is 53.9 Å². The molecule has 0 amide bonds. The molecule has 0 saturated heterocycles. The second-order valence-corrected chi connectivity index (χ2v) is 7.19. The highest BCUT2D eigenvalue weighted by molar-refractivity contribution is 4.88. The van der Waals surface area contributed by atoms with Gasteiger partial charge in [-0.2, -0.15) is 0 Å². The first kappa shape index (κ1) is 15.0. The van der Waals surface area contributed by atoms with Crippen molar-refractivity contribution in [2.24, 2.45) is 23.2 Å². The largest absolute Gasteiger partial charge is 0.390 e. The molecule has 1 fully saturated rings. The van der Waals surface area contributed by atoms with Crippen LogP contribution in [0.5, 0.6) is 0 Å². The molecule has 0 aromatic rings. The number of hydrogen-bond acceptors (Lipinski definition) is 2. The first-order valence-corrected chi connectivity index (χ1v) is 6.96. The highest BCUT2D eigenvalue weighted by Gasteiger charge is 2.38. The average molecular weight is 242 g/mol. The van der Waals surface area contributed by atoms with Crippen molar-refractivity contribution in [1.82, 2.24) is 0 Å². The Kier molecular flexibility index (Phi) is 5.03. The Balaban J connectivity index is 2.70. The van der Waals surface area contributed by atoms with Gasteiger partial charge in [0.15, 0.2) is 0 Å². The van der Waals surface area contributed by atoms with E-state index in [1.165, 1.54) is 6.42 Å². The van der Waals surface area contributed by atoms with E-state index in [2.05, 4.69) is 34.6 Å². The number of methoxy groups -OCH3 is 1. The summed E-state index contributed by atoms with van der Waals surface area (Å²) < 4.78 is 5.55. The molecule has 0 heterocycles. The molecule has 0 aromatic heterocycles. The molecular formula is C15H30O2. The number of hydrogen-bond donors (Lipinski definition) is 1. The zero-order chi connectivity index (χ0) is 13.2. The summed E-state index contributed by atoms with van der Waals surface area (Å²) in [5.41, 5.74) is -0.00189. The molecule has 2 heteroatoms. The molecule has 1 N–H and O–H groups in total. The maximum Gasteiger partial charge on any atom is 0.0880 e. The maximum atomic E-state index is 10.6. The van der Waals surface area contributed by atoms with Crippen LogP contribution in [0, 0.1) is 23.2 Å². The highest BCUT2D eigenvalue weighted by atomic mass is 16.5. The van der Waals surface area contributed by atoms with Gasteiger partial charge >= 0.3 is 0 Å². The zero-order valence-corrected chi connectivity index (χ0v) is 12.4. The molecular weight excluding hydrogens is 212 g/mol. The van der Waals surface area contributed by atoms with Crippen LogP contribution in [0.2, 0.25) is 0 Å². The Morgan fingerprint density at radius 2 is 1.53 bits per heavy atom. The molecule has 4 atom stereocenters. The van der Waals surface area contributed by atoms with Gasteiger partial charge < -0.3 is 9.84 Å². The Morgan fingerprint density at radius 3 is 1.88 bits per heavy atom. The van der Waals surface area contributed by atoms with Crippen LogP contribution in [0.15, 0.2) is 0 Å². The standard InChI is InChI=1S/C15H30O2/c1-10-7-11(2)9-12(8-10)13(16)14(17-6)15(3,4)5/h10-14,16H,7-9H2,1-6H3. The molecule has 102 valence electrons. The van der Waals surface area contributed by atoms with E-state index >= 15 is 0 Å². The summed E-state index contributed by atoms with van der Waals surface area (Å²) in [4.78, 5) is 0. The van der Waals surface area contributed by atoms with Crippen molar-refractivity contribution in [3.63, 3.8) is 0 Å². The summed E-state index contributed by atoms with van der Waals surface area (Å²) in [5, 5.41) is 10.6. The van der Waals surface area contributed by atoms with Crippen LogP contribution < -0.4 is 0 Å². The Labute approximate surface area is 107 Å². The van der Waals surface area contributed by atoms with Gasteiger partial charge in [-0.3, -0.25) is 0 Å². The average Bonchev–Trinajstić information content (AvgIpc) is 2.14. The van der Waals surface area contributed by atoms with E-state index in [0.29, 0.717) is 5.92 Å². The highest BCUT2D eigenvalue weighted by Crippen LogP contribution is 2.38. The van der Waals surface area contributed by atoms with Crippen LogP contribution in [0.3, 0.4) is 0 Å². The molecule has 1 aliphatic carbocycles.